The molecule has 3 unspecified atom stereocenters. The van der Waals surface area contributed by atoms with Crippen LogP contribution in [0.5, 0.6) is 0 Å². The van der Waals surface area contributed by atoms with Crippen LogP contribution in [0.25, 0.3) is 0 Å². The standard InChI is InChI=1S/C16H23N5O3/c17-14-12(11-5-2-1-3-6-11)13(19-20-14)15(22)18-7-9-21-8-4-10-24-16(21)23/h1-3,5-6,12-14,19-20H,4,7-10,17H2,(H,18,22). The van der Waals surface area contributed by atoms with Crippen LogP contribution < -0.4 is 21.9 Å². The predicted molar refractivity (Wildman–Crippen MR) is 87.8 cm³/mol. The van der Waals surface area contributed by atoms with Gasteiger partial charge in [-0.25, -0.2) is 15.6 Å². The zero-order valence-electron chi connectivity index (χ0n) is 13.4. The quantitative estimate of drug-likeness (QED) is 0.578. The maximum absolute atomic E-state index is 12.5. The lowest BCUT2D eigenvalue weighted by molar-refractivity contribution is -0.123. The minimum absolute atomic E-state index is 0.144. The van der Waals surface area contributed by atoms with Gasteiger partial charge in [-0.15, -0.1) is 0 Å². The molecular weight excluding hydrogens is 310 g/mol. The third-order valence-corrected chi connectivity index (χ3v) is 4.36. The van der Waals surface area contributed by atoms with Crippen molar-refractivity contribution in [2.45, 2.75) is 24.5 Å². The number of carbonyl (C=O) groups excluding carboxylic acids is 2. The summed E-state index contributed by atoms with van der Waals surface area (Å²) in [5, 5.41) is 2.87. The average molecular weight is 333 g/mol. The molecule has 130 valence electrons. The van der Waals surface area contributed by atoms with Gasteiger partial charge in [0.15, 0.2) is 0 Å². The SMILES string of the molecule is NC1NNC(C(=O)NCCN2CCCOC2=O)C1c1ccccc1. The summed E-state index contributed by atoms with van der Waals surface area (Å²) in [4.78, 5) is 25.7. The molecule has 0 radical (unpaired) electrons. The van der Waals surface area contributed by atoms with Gasteiger partial charge in [-0.3, -0.25) is 4.79 Å². The number of amides is 2. The predicted octanol–water partition coefficient (Wildman–Crippen LogP) is -0.510. The van der Waals surface area contributed by atoms with Crippen LogP contribution in [0, 0.1) is 0 Å². The van der Waals surface area contributed by atoms with E-state index in [1.54, 1.807) is 4.90 Å². The molecule has 2 amide bonds. The Bertz CT molecular complexity index is 582. The average Bonchev–Trinajstić information content (AvgIpc) is 2.99. The van der Waals surface area contributed by atoms with E-state index in [2.05, 4.69) is 16.2 Å². The Balaban J connectivity index is 1.55. The zero-order chi connectivity index (χ0) is 16.9. The second-order valence-electron chi connectivity index (χ2n) is 5.97. The number of carbonyl (C=O) groups is 2. The summed E-state index contributed by atoms with van der Waals surface area (Å²) in [6.07, 6.45) is 0.152. The molecule has 5 N–H and O–H groups in total. The minimum atomic E-state index is -0.462. The van der Waals surface area contributed by atoms with Gasteiger partial charge in [-0.2, -0.15) is 0 Å². The van der Waals surface area contributed by atoms with Gasteiger partial charge in [0.1, 0.15) is 6.04 Å². The number of hydrogen-bond donors (Lipinski definition) is 4. The van der Waals surface area contributed by atoms with Crippen LogP contribution in [-0.4, -0.2) is 55.3 Å². The Morgan fingerprint density at radius 2 is 2.12 bits per heavy atom. The molecule has 1 aromatic carbocycles. The number of cyclic esters (lactones) is 1. The molecule has 2 heterocycles. The van der Waals surface area contributed by atoms with Crippen LogP contribution in [0.3, 0.4) is 0 Å². The lowest BCUT2D eigenvalue weighted by Gasteiger charge is -2.26. The number of hydrogen-bond acceptors (Lipinski definition) is 6. The molecule has 0 spiro atoms. The van der Waals surface area contributed by atoms with Crippen molar-refractivity contribution in [2.75, 3.05) is 26.2 Å². The van der Waals surface area contributed by atoms with E-state index in [-0.39, 0.29) is 24.1 Å². The number of nitrogens with zero attached hydrogens (tertiary/aromatic N) is 1. The molecule has 3 rings (SSSR count). The Hall–Kier alpha value is -2.16. The fraction of sp³-hybridized carbons (Fsp3) is 0.500. The summed E-state index contributed by atoms with van der Waals surface area (Å²) in [6, 6.07) is 9.24. The van der Waals surface area contributed by atoms with Crippen molar-refractivity contribution >= 4 is 12.0 Å². The highest BCUT2D eigenvalue weighted by Crippen LogP contribution is 2.24. The van der Waals surface area contributed by atoms with E-state index in [4.69, 9.17) is 10.5 Å². The number of benzene rings is 1. The maximum Gasteiger partial charge on any atom is 0.409 e. The van der Waals surface area contributed by atoms with E-state index in [0.717, 1.165) is 12.0 Å². The van der Waals surface area contributed by atoms with E-state index in [0.29, 0.717) is 26.2 Å². The Labute approximate surface area is 140 Å². The minimum Gasteiger partial charge on any atom is -0.449 e. The highest BCUT2D eigenvalue weighted by atomic mass is 16.6. The van der Waals surface area contributed by atoms with Gasteiger partial charge in [-0.1, -0.05) is 30.3 Å². The van der Waals surface area contributed by atoms with E-state index < -0.39 is 6.04 Å². The van der Waals surface area contributed by atoms with E-state index >= 15 is 0 Å². The molecule has 0 aliphatic carbocycles. The molecular formula is C16H23N5O3. The molecule has 0 saturated carbocycles. The molecule has 24 heavy (non-hydrogen) atoms. The van der Waals surface area contributed by atoms with Crippen molar-refractivity contribution in [1.29, 1.82) is 0 Å². The van der Waals surface area contributed by atoms with Gasteiger partial charge in [0, 0.05) is 25.6 Å². The first-order valence-corrected chi connectivity index (χ1v) is 8.18. The lowest BCUT2D eigenvalue weighted by atomic mass is 9.90. The molecule has 8 heteroatoms. The summed E-state index contributed by atoms with van der Waals surface area (Å²) in [6.45, 7) is 1.95. The van der Waals surface area contributed by atoms with Crippen molar-refractivity contribution in [1.82, 2.24) is 21.1 Å². The van der Waals surface area contributed by atoms with Crippen molar-refractivity contribution in [3.8, 4) is 0 Å². The van der Waals surface area contributed by atoms with Gasteiger partial charge in [0.25, 0.3) is 0 Å². The first-order chi connectivity index (χ1) is 11.7. The molecule has 0 aromatic heterocycles. The number of nitrogens with two attached hydrogens (primary N) is 1. The first kappa shape index (κ1) is 16.7. The number of rotatable bonds is 5. The van der Waals surface area contributed by atoms with Crippen LogP contribution in [0.2, 0.25) is 0 Å². The second kappa shape index (κ2) is 7.61. The Kier molecular flexibility index (Phi) is 5.29. The first-order valence-electron chi connectivity index (χ1n) is 8.18. The maximum atomic E-state index is 12.5. The van der Waals surface area contributed by atoms with Crippen LogP contribution >= 0.6 is 0 Å². The van der Waals surface area contributed by atoms with E-state index in [1.165, 1.54) is 0 Å². The van der Waals surface area contributed by atoms with E-state index in [1.807, 2.05) is 30.3 Å². The third kappa shape index (κ3) is 3.66. The van der Waals surface area contributed by atoms with Gasteiger partial charge < -0.3 is 20.7 Å². The zero-order valence-corrected chi connectivity index (χ0v) is 13.4. The molecule has 3 atom stereocenters. The van der Waals surface area contributed by atoms with Gasteiger partial charge in [-0.05, 0) is 12.0 Å². The summed E-state index contributed by atoms with van der Waals surface area (Å²) in [7, 11) is 0. The van der Waals surface area contributed by atoms with Crippen molar-refractivity contribution in [3.05, 3.63) is 35.9 Å². The normalized spacial score (nSPS) is 27.0. The molecule has 8 nitrogen and oxygen atoms in total. The number of nitrogens with one attached hydrogen (secondary N) is 3. The monoisotopic (exact) mass is 333 g/mol. The fourth-order valence-corrected chi connectivity index (χ4v) is 3.10. The largest absolute Gasteiger partial charge is 0.449 e. The molecule has 2 aliphatic heterocycles. The van der Waals surface area contributed by atoms with Crippen molar-refractivity contribution < 1.29 is 14.3 Å². The van der Waals surface area contributed by atoms with Crippen LogP contribution in [0.15, 0.2) is 30.3 Å². The molecule has 2 aliphatic rings. The smallest absolute Gasteiger partial charge is 0.409 e. The lowest BCUT2D eigenvalue weighted by Crippen LogP contribution is -2.48. The number of hydrazine groups is 1. The van der Waals surface area contributed by atoms with Crippen molar-refractivity contribution in [2.24, 2.45) is 5.73 Å². The molecule has 0 bridgehead atoms. The molecule has 2 fully saturated rings. The molecule has 1 aromatic rings. The number of ether oxygens (including phenoxy) is 1. The fourth-order valence-electron chi connectivity index (χ4n) is 3.10. The van der Waals surface area contributed by atoms with E-state index in [9.17, 15) is 9.59 Å². The topological polar surface area (TPSA) is 109 Å². The van der Waals surface area contributed by atoms with Crippen LogP contribution in [0.4, 0.5) is 4.79 Å². The highest BCUT2D eigenvalue weighted by Gasteiger charge is 2.39. The summed E-state index contributed by atoms with van der Waals surface area (Å²) < 4.78 is 4.97. The Morgan fingerprint density at radius 3 is 2.88 bits per heavy atom. The highest BCUT2D eigenvalue weighted by molar-refractivity contribution is 5.83. The van der Waals surface area contributed by atoms with Gasteiger partial charge in [0.2, 0.25) is 5.91 Å². The third-order valence-electron chi connectivity index (χ3n) is 4.36. The second-order valence-corrected chi connectivity index (χ2v) is 5.97. The van der Waals surface area contributed by atoms with Crippen LogP contribution in [-0.2, 0) is 9.53 Å². The molecule has 2 saturated heterocycles. The Morgan fingerprint density at radius 1 is 1.33 bits per heavy atom. The van der Waals surface area contributed by atoms with Gasteiger partial charge >= 0.3 is 6.09 Å². The van der Waals surface area contributed by atoms with Crippen LogP contribution in [0.1, 0.15) is 17.9 Å². The summed E-state index contributed by atoms with van der Waals surface area (Å²) in [5.74, 6) is -0.305. The summed E-state index contributed by atoms with van der Waals surface area (Å²) >= 11 is 0. The summed E-state index contributed by atoms with van der Waals surface area (Å²) in [5.41, 5.74) is 13.0. The van der Waals surface area contributed by atoms with Gasteiger partial charge in [0.05, 0.1) is 12.8 Å². The van der Waals surface area contributed by atoms with Crippen molar-refractivity contribution in [3.63, 3.8) is 0 Å².